The lowest BCUT2D eigenvalue weighted by molar-refractivity contribution is 0.177. The summed E-state index contributed by atoms with van der Waals surface area (Å²) in [6.45, 7) is 7.76. The molecule has 1 aliphatic heterocycles. The fourth-order valence-electron chi connectivity index (χ4n) is 1.92. The molecule has 2 N–H and O–H groups in total. The normalized spacial score (nSPS) is 17.9. The van der Waals surface area contributed by atoms with Crippen LogP contribution < -0.4 is 10.6 Å². The second-order valence-corrected chi connectivity index (χ2v) is 4.05. The lowest BCUT2D eigenvalue weighted by Crippen LogP contribution is -2.48. The Kier molecular flexibility index (Phi) is 5.47. The van der Waals surface area contributed by atoms with E-state index in [0.29, 0.717) is 6.04 Å². The molecule has 0 bridgehead atoms. The minimum Gasteiger partial charge on any atom is -0.338 e. The molecule has 0 unspecified atom stereocenters. The number of likely N-dealkylation sites (tertiary alicyclic amines) is 1. The molecule has 0 aromatic carbocycles. The summed E-state index contributed by atoms with van der Waals surface area (Å²) < 4.78 is 0. The van der Waals surface area contributed by atoms with Gasteiger partial charge in [-0.15, -0.1) is 0 Å². The SMILES string of the molecule is CCCNC(=O)N1CCC(NCC)CC1. The molecule has 15 heavy (non-hydrogen) atoms. The van der Waals surface area contributed by atoms with Gasteiger partial charge in [-0.3, -0.25) is 0 Å². The van der Waals surface area contributed by atoms with Crippen molar-refractivity contribution < 1.29 is 4.79 Å². The number of rotatable bonds is 4. The highest BCUT2D eigenvalue weighted by Crippen LogP contribution is 2.09. The van der Waals surface area contributed by atoms with Gasteiger partial charge in [-0.05, 0) is 25.8 Å². The van der Waals surface area contributed by atoms with Gasteiger partial charge >= 0.3 is 6.03 Å². The summed E-state index contributed by atoms with van der Waals surface area (Å²) >= 11 is 0. The van der Waals surface area contributed by atoms with Crippen molar-refractivity contribution in [2.75, 3.05) is 26.2 Å². The number of amides is 2. The van der Waals surface area contributed by atoms with E-state index in [9.17, 15) is 4.79 Å². The third-order valence-corrected chi connectivity index (χ3v) is 2.80. The molecule has 0 spiro atoms. The Morgan fingerprint density at radius 3 is 2.53 bits per heavy atom. The molecule has 1 fully saturated rings. The maximum atomic E-state index is 11.6. The second-order valence-electron chi connectivity index (χ2n) is 4.05. The number of carbonyl (C=O) groups excluding carboxylic acids is 1. The Labute approximate surface area is 92.4 Å². The highest BCUT2D eigenvalue weighted by Gasteiger charge is 2.21. The zero-order valence-electron chi connectivity index (χ0n) is 9.88. The first-order valence-electron chi connectivity index (χ1n) is 6.04. The smallest absolute Gasteiger partial charge is 0.317 e. The molecule has 0 atom stereocenters. The number of hydrogen-bond acceptors (Lipinski definition) is 2. The van der Waals surface area contributed by atoms with E-state index in [1.54, 1.807) is 0 Å². The summed E-state index contributed by atoms with van der Waals surface area (Å²) in [5.74, 6) is 0. The van der Waals surface area contributed by atoms with Crippen molar-refractivity contribution in [1.82, 2.24) is 15.5 Å². The van der Waals surface area contributed by atoms with Crippen molar-refractivity contribution in [2.24, 2.45) is 0 Å². The maximum absolute atomic E-state index is 11.6. The standard InChI is InChI=1S/C11H23N3O/c1-3-7-13-11(15)14-8-5-10(6-9-14)12-4-2/h10,12H,3-9H2,1-2H3,(H,13,15). The number of piperidine rings is 1. The van der Waals surface area contributed by atoms with Crippen molar-refractivity contribution in [2.45, 2.75) is 39.2 Å². The molecule has 0 radical (unpaired) electrons. The molecule has 0 saturated carbocycles. The minimum atomic E-state index is 0.104. The lowest BCUT2D eigenvalue weighted by Gasteiger charge is -2.32. The molecule has 4 nitrogen and oxygen atoms in total. The van der Waals surface area contributed by atoms with Crippen LogP contribution in [-0.2, 0) is 0 Å². The van der Waals surface area contributed by atoms with Crippen LogP contribution in [0.3, 0.4) is 0 Å². The summed E-state index contributed by atoms with van der Waals surface area (Å²) in [6.07, 6.45) is 3.15. The van der Waals surface area contributed by atoms with E-state index < -0.39 is 0 Å². The van der Waals surface area contributed by atoms with Crippen molar-refractivity contribution in [3.8, 4) is 0 Å². The Morgan fingerprint density at radius 2 is 2.00 bits per heavy atom. The van der Waals surface area contributed by atoms with Gasteiger partial charge in [0, 0.05) is 25.7 Å². The number of hydrogen-bond donors (Lipinski definition) is 2. The van der Waals surface area contributed by atoms with Crippen LogP contribution in [0.5, 0.6) is 0 Å². The van der Waals surface area contributed by atoms with Crippen LogP contribution in [0.4, 0.5) is 4.79 Å². The molecule has 0 aromatic rings. The van der Waals surface area contributed by atoms with Crippen molar-refractivity contribution in [3.05, 3.63) is 0 Å². The quantitative estimate of drug-likeness (QED) is 0.736. The van der Waals surface area contributed by atoms with Gasteiger partial charge in [0.1, 0.15) is 0 Å². The molecule has 1 saturated heterocycles. The van der Waals surface area contributed by atoms with Crippen LogP contribution in [0.2, 0.25) is 0 Å². The third-order valence-electron chi connectivity index (χ3n) is 2.80. The van der Waals surface area contributed by atoms with Gasteiger partial charge in [-0.2, -0.15) is 0 Å². The molecule has 0 aliphatic carbocycles. The molecule has 1 aliphatic rings. The van der Waals surface area contributed by atoms with Gasteiger partial charge in [-0.1, -0.05) is 13.8 Å². The monoisotopic (exact) mass is 213 g/mol. The largest absolute Gasteiger partial charge is 0.338 e. The number of nitrogens with zero attached hydrogens (tertiary/aromatic N) is 1. The van der Waals surface area contributed by atoms with Crippen molar-refractivity contribution in [3.63, 3.8) is 0 Å². The maximum Gasteiger partial charge on any atom is 0.317 e. The molecule has 0 aromatic heterocycles. The lowest BCUT2D eigenvalue weighted by atomic mass is 10.1. The average molecular weight is 213 g/mol. The van der Waals surface area contributed by atoms with Gasteiger partial charge in [-0.25, -0.2) is 4.79 Å². The molecule has 4 heteroatoms. The number of urea groups is 1. The zero-order valence-corrected chi connectivity index (χ0v) is 9.88. The van der Waals surface area contributed by atoms with Gasteiger partial charge in [0.15, 0.2) is 0 Å². The predicted octanol–water partition coefficient (Wildman–Crippen LogP) is 1.18. The summed E-state index contributed by atoms with van der Waals surface area (Å²) in [5, 5.41) is 6.34. The van der Waals surface area contributed by atoms with E-state index in [-0.39, 0.29) is 6.03 Å². The van der Waals surface area contributed by atoms with Crippen LogP contribution >= 0.6 is 0 Å². The molecular formula is C11H23N3O. The zero-order chi connectivity index (χ0) is 11.1. The third kappa shape index (κ3) is 4.08. The Balaban J connectivity index is 2.21. The first-order chi connectivity index (χ1) is 7.27. The topological polar surface area (TPSA) is 44.4 Å². The van der Waals surface area contributed by atoms with E-state index in [2.05, 4.69) is 24.5 Å². The van der Waals surface area contributed by atoms with Crippen LogP contribution in [0.1, 0.15) is 33.1 Å². The molecular weight excluding hydrogens is 190 g/mol. The van der Waals surface area contributed by atoms with E-state index in [4.69, 9.17) is 0 Å². The highest BCUT2D eigenvalue weighted by molar-refractivity contribution is 5.74. The van der Waals surface area contributed by atoms with Crippen molar-refractivity contribution in [1.29, 1.82) is 0 Å². The van der Waals surface area contributed by atoms with Gasteiger partial charge in [0.05, 0.1) is 0 Å². The van der Waals surface area contributed by atoms with Crippen LogP contribution in [0.15, 0.2) is 0 Å². The predicted molar refractivity (Wildman–Crippen MR) is 62.0 cm³/mol. The van der Waals surface area contributed by atoms with Gasteiger partial charge in [0.25, 0.3) is 0 Å². The van der Waals surface area contributed by atoms with Crippen LogP contribution in [-0.4, -0.2) is 43.2 Å². The van der Waals surface area contributed by atoms with Gasteiger partial charge < -0.3 is 15.5 Å². The van der Waals surface area contributed by atoms with Gasteiger partial charge in [0.2, 0.25) is 0 Å². The van der Waals surface area contributed by atoms with E-state index in [0.717, 1.165) is 45.4 Å². The second kappa shape index (κ2) is 6.67. The Morgan fingerprint density at radius 1 is 1.33 bits per heavy atom. The number of carbonyl (C=O) groups is 1. The van der Waals surface area contributed by atoms with Crippen molar-refractivity contribution >= 4 is 6.03 Å². The van der Waals surface area contributed by atoms with E-state index >= 15 is 0 Å². The van der Waals surface area contributed by atoms with Crippen LogP contribution in [0.25, 0.3) is 0 Å². The summed E-state index contributed by atoms with van der Waals surface area (Å²) in [5.41, 5.74) is 0. The first kappa shape index (κ1) is 12.3. The van der Waals surface area contributed by atoms with E-state index in [1.807, 2.05) is 4.90 Å². The highest BCUT2D eigenvalue weighted by atomic mass is 16.2. The Hall–Kier alpha value is -0.770. The summed E-state index contributed by atoms with van der Waals surface area (Å²) in [7, 11) is 0. The fourth-order valence-corrected chi connectivity index (χ4v) is 1.92. The van der Waals surface area contributed by atoms with Crippen LogP contribution in [0, 0.1) is 0 Å². The molecule has 2 amide bonds. The minimum absolute atomic E-state index is 0.104. The summed E-state index contributed by atoms with van der Waals surface area (Å²) in [4.78, 5) is 13.5. The fraction of sp³-hybridized carbons (Fsp3) is 0.909. The summed E-state index contributed by atoms with van der Waals surface area (Å²) in [6, 6.07) is 0.706. The first-order valence-corrected chi connectivity index (χ1v) is 6.04. The number of nitrogens with one attached hydrogen (secondary N) is 2. The average Bonchev–Trinajstić information content (AvgIpc) is 2.27. The van der Waals surface area contributed by atoms with E-state index in [1.165, 1.54) is 0 Å². The Bertz CT molecular complexity index is 188. The molecule has 88 valence electrons. The molecule has 1 rings (SSSR count). The molecule has 1 heterocycles.